The van der Waals surface area contributed by atoms with Crippen molar-refractivity contribution in [3.05, 3.63) is 0 Å². The van der Waals surface area contributed by atoms with E-state index in [-0.39, 0.29) is 6.10 Å². The average molecular weight is 328 g/mol. The van der Waals surface area contributed by atoms with Crippen LogP contribution in [0.3, 0.4) is 0 Å². The molecule has 0 amide bonds. The molecule has 0 aliphatic carbocycles. The number of ether oxygens (including phenoxy) is 2. The molecule has 0 aromatic heterocycles. The van der Waals surface area contributed by atoms with E-state index in [0.29, 0.717) is 13.1 Å². The summed E-state index contributed by atoms with van der Waals surface area (Å²) < 4.78 is 11.0. The molecule has 0 spiro atoms. The summed E-state index contributed by atoms with van der Waals surface area (Å²) in [6, 6.07) is 0. The molecule has 3 N–H and O–H groups in total. The molecule has 2 unspecified atom stereocenters. The molecule has 23 heavy (non-hydrogen) atoms. The molecule has 0 aromatic rings. The summed E-state index contributed by atoms with van der Waals surface area (Å²) in [6.07, 6.45) is 2.50. The quantitative estimate of drug-likeness (QED) is 0.444. The van der Waals surface area contributed by atoms with E-state index in [1.165, 1.54) is 0 Å². The first-order valence-electron chi connectivity index (χ1n) is 8.75. The van der Waals surface area contributed by atoms with Crippen molar-refractivity contribution in [2.24, 2.45) is 4.99 Å². The van der Waals surface area contributed by atoms with E-state index in [9.17, 15) is 5.11 Å². The summed E-state index contributed by atoms with van der Waals surface area (Å²) in [5.74, 6) is 0.741. The highest BCUT2D eigenvalue weighted by Gasteiger charge is 2.25. The van der Waals surface area contributed by atoms with Crippen LogP contribution in [0.2, 0.25) is 0 Å². The maximum Gasteiger partial charge on any atom is 0.191 e. The molecule has 0 saturated carbocycles. The smallest absolute Gasteiger partial charge is 0.191 e. The molecule has 2 aliphatic rings. The predicted molar refractivity (Wildman–Crippen MR) is 90.8 cm³/mol. The Hall–Kier alpha value is -0.890. The van der Waals surface area contributed by atoms with Gasteiger partial charge < -0.3 is 25.2 Å². The summed E-state index contributed by atoms with van der Waals surface area (Å²) in [5.41, 5.74) is -0.844. The minimum atomic E-state index is -0.844. The van der Waals surface area contributed by atoms with Crippen LogP contribution < -0.4 is 10.6 Å². The number of β-amino-alcohol motifs (C(OH)–C–C–N with tert-alkyl or cyclic N) is 1. The Morgan fingerprint density at radius 2 is 2.09 bits per heavy atom. The molecule has 2 saturated heterocycles. The maximum absolute atomic E-state index is 10.6. The largest absolute Gasteiger partial charge is 0.387 e. The van der Waals surface area contributed by atoms with Crippen LogP contribution in [0.25, 0.3) is 0 Å². The van der Waals surface area contributed by atoms with Gasteiger partial charge in [0.2, 0.25) is 0 Å². The SMILES string of the molecule is CCNC(=NCC(C)(O)CN1CCOCC1)NCC1CCCO1. The van der Waals surface area contributed by atoms with Gasteiger partial charge in [-0.2, -0.15) is 0 Å². The van der Waals surface area contributed by atoms with Gasteiger partial charge in [0.25, 0.3) is 0 Å². The van der Waals surface area contributed by atoms with Crippen molar-refractivity contribution in [3.8, 4) is 0 Å². The lowest BCUT2D eigenvalue weighted by molar-refractivity contribution is -0.0180. The Kier molecular flexibility index (Phi) is 7.55. The monoisotopic (exact) mass is 328 g/mol. The molecular weight excluding hydrogens is 296 g/mol. The normalized spacial score (nSPS) is 26.0. The van der Waals surface area contributed by atoms with Crippen molar-refractivity contribution >= 4 is 5.96 Å². The number of aliphatic hydroxyl groups is 1. The second kappa shape index (κ2) is 9.42. The standard InChI is InChI=1S/C16H32N4O3/c1-3-17-15(18-11-14-5-4-8-23-14)19-12-16(2,21)13-20-6-9-22-10-7-20/h14,21H,3-13H2,1-2H3,(H2,17,18,19). The number of aliphatic imine (C=N–C) groups is 1. The van der Waals surface area contributed by atoms with E-state index in [1.54, 1.807) is 0 Å². The molecule has 2 heterocycles. The van der Waals surface area contributed by atoms with Gasteiger partial charge in [0.05, 0.1) is 31.5 Å². The fourth-order valence-corrected chi connectivity index (χ4v) is 2.90. The van der Waals surface area contributed by atoms with Crippen molar-refractivity contribution in [1.29, 1.82) is 0 Å². The van der Waals surface area contributed by atoms with Crippen LogP contribution in [0.1, 0.15) is 26.7 Å². The lowest BCUT2D eigenvalue weighted by atomic mass is 10.1. The highest BCUT2D eigenvalue weighted by molar-refractivity contribution is 5.79. The van der Waals surface area contributed by atoms with Gasteiger partial charge in [-0.05, 0) is 26.7 Å². The van der Waals surface area contributed by atoms with Gasteiger partial charge in [0.15, 0.2) is 5.96 Å². The molecule has 2 aliphatic heterocycles. The molecule has 7 nitrogen and oxygen atoms in total. The average Bonchev–Trinajstić information content (AvgIpc) is 3.04. The number of hydrogen-bond acceptors (Lipinski definition) is 5. The van der Waals surface area contributed by atoms with Crippen molar-refractivity contribution < 1.29 is 14.6 Å². The van der Waals surface area contributed by atoms with E-state index in [1.807, 2.05) is 13.8 Å². The van der Waals surface area contributed by atoms with Crippen molar-refractivity contribution in [1.82, 2.24) is 15.5 Å². The first kappa shape index (κ1) is 18.4. The third-order valence-corrected chi connectivity index (χ3v) is 4.11. The van der Waals surface area contributed by atoms with Crippen LogP contribution in [0.4, 0.5) is 0 Å². The van der Waals surface area contributed by atoms with E-state index < -0.39 is 5.60 Å². The number of hydrogen-bond donors (Lipinski definition) is 3. The van der Waals surface area contributed by atoms with Crippen molar-refractivity contribution in [3.63, 3.8) is 0 Å². The molecule has 2 rings (SSSR count). The molecule has 7 heteroatoms. The van der Waals surface area contributed by atoms with E-state index >= 15 is 0 Å². The maximum atomic E-state index is 10.6. The topological polar surface area (TPSA) is 78.4 Å². The van der Waals surface area contributed by atoms with Crippen LogP contribution in [-0.4, -0.2) is 86.8 Å². The lowest BCUT2D eigenvalue weighted by Crippen LogP contribution is -2.48. The Morgan fingerprint density at radius 3 is 2.74 bits per heavy atom. The van der Waals surface area contributed by atoms with Crippen LogP contribution in [0.15, 0.2) is 4.99 Å². The van der Waals surface area contributed by atoms with Crippen molar-refractivity contribution in [2.75, 3.05) is 59.1 Å². The van der Waals surface area contributed by atoms with Crippen LogP contribution in [0.5, 0.6) is 0 Å². The van der Waals surface area contributed by atoms with E-state index in [2.05, 4.69) is 20.5 Å². The van der Waals surface area contributed by atoms with Gasteiger partial charge in [0.1, 0.15) is 0 Å². The van der Waals surface area contributed by atoms with Crippen LogP contribution in [0, 0.1) is 0 Å². The lowest BCUT2D eigenvalue weighted by Gasteiger charge is -2.33. The first-order valence-corrected chi connectivity index (χ1v) is 8.75. The Morgan fingerprint density at radius 1 is 1.30 bits per heavy atom. The highest BCUT2D eigenvalue weighted by atomic mass is 16.5. The summed E-state index contributed by atoms with van der Waals surface area (Å²) in [5, 5.41) is 17.1. The summed E-state index contributed by atoms with van der Waals surface area (Å²) >= 11 is 0. The third-order valence-electron chi connectivity index (χ3n) is 4.11. The molecule has 0 aromatic carbocycles. The number of rotatable bonds is 7. The zero-order valence-corrected chi connectivity index (χ0v) is 14.5. The molecule has 2 atom stereocenters. The number of guanidine groups is 1. The zero-order chi connectivity index (χ0) is 16.5. The predicted octanol–water partition coefficient (Wildman–Crippen LogP) is -0.196. The molecule has 134 valence electrons. The summed E-state index contributed by atoms with van der Waals surface area (Å²) in [4.78, 5) is 6.77. The number of morpholine rings is 1. The van der Waals surface area contributed by atoms with Gasteiger partial charge >= 0.3 is 0 Å². The summed E-state index contributed by atoms with van der Waals surface area (Å²) in [7, 11) is 0. The van der Waals surface area contributed by atoms with Crippen LogP contribution in [-0.2, 0) is 9.47 Å². The molecule has 2 fully saturated rings. The fraction of sp³-hybridized carbons (Fsp3) is 0.938. The van der Waals surface area contributed by atoms with Gasteiger partial charge in [0, 0.05) is 39.3 Å². The van der Waals surface area contributed by atoms with Crippen LogP contribution >= 0.6 is 0 Å². The minimum absolute atomic E-state index is 0.271. The third kappa shape index (κ3) is 7.03. The Labute approximate surface area is 139 Å². The molecular formula is C16H32N4O3. The second-order valence-electron chi connectivity index (χ2n) is 6.60. The van der Waals surface area contributed by atoms with E-state index in [0.717, 1.165) is 64.8 Å². The number of nitrogens with zero attached hydrogens (tertiary/aromatic N) is 2. The van der Waals surface area contributed by atoms with Gasteiger partial charge in [-0.1, -0.05) is 0 Å². The van der Waals surface area contributed by atoms with Gasteiger partial charge in [-0.3, -0.25) is 9.89 Å². The van der Waals surface area contributed by atoms with Gasteiger partial charge in [-0.25, -0.2) is 0 Å². The zero-order valence-electron chi connectivity index (χ0n) is 14.5. The highest BCUT2D eigenvalue weighted by Crippen LogP contribution is 2.11. The first-order chi connectivity index (χ1) is 11.1. The van der Waals surface area contributed by atoms with Crippen molar-refractivity contribution in [2.45, 2.75) is 38.4 Å². The minimum Gasteiger partial charge on any atom is -0.387 e. The Balaban J connectivity index is 1.79. The number of nitrogens with one attached hydrogen (secondary N) is 2. The molecule has 0 radical (unpaired) electrons. The summed E-state index contributed by atoms with van der Waals surface area (Å²) in [6.45, 7) is 10.5. The fourth-order valence-electron chi connectivity index (χ4n) is 2.90. The van der Waals surface area contributed by atoms with E-state index in [4.69, 9.17) is 9.47 Å². The van der Waals surface area contributed by atoms with Gasteiger partial charge in [-0.15, -0.1) is 0 Å². The Bertz CT molecular complexity index is 364. The second-order valence-corrected chi connectivity index (χ2v) is 6.60. The molecule has 0 bridgehead atoms.